The van der Waals surface area contributed by atoms with Gasteiger partial charge in [0.2, 0.25) is 5.91 Å². The zero-order valence-corrected chi connectivity index (χ0v) is 18.0. The molecule has 6 rings (SSSR count). The molecule has 0 spiro atoms. The van der Waals surface area contributed by atoms with Crippen LogP contribution < -0.4 is 10.2 Å². The Balaban J connectivity index is 1.19. The molecule has 0 radical (unpaired) electrons. The Hall–Kier alpha value is -1.14. The second-order valence-corrected chi connectivity index (χ2v) is 11.4. The third-order valence-corrected chi connectivity index (χ3v) is 8.21. The summed E-state index contributed by atoms with van der Waals surface area (Å²) >= 11 is 4.05. The molecule has 152 valence electrons. The van der Waals surface area contributed by atoms with Crippen molar-refractivity contribution in [2.75, 3.05) is 31.2 Å². The molecule has 4 aliphatic carbocycles. The van der Waals surface area contributed by atoms with Crippen molar-refractivity contribution >= 4 is 27.7 Å². The maximum absolute atomic E-state index is 12.8. The molecule has 4 bridgehead atoms. The molecule has 4 saturated carbocycles. The lowest BCUT2D eigenvalue weighted by atomic mass is 9.48. The van der Waals surface area contributed by atoms with Gasteiger partial charge in [-0.25, -0.2) is 4.98 Å². The van der Waals surface area contributed by atoms with Gasteiger partial charge in [-0.15, -0.1) is 0 Å². The summed E-state index contributed by atoms with van der Waals surface area (Å²) in [6, 6.07) is 4.10. The first-order chi connectivity index (χ1) is 13.5. The lowest BCUT2D eigenvalue weighted by Crippen LogP contribution is -2.54. The standard InChI is InChI=1S/C22H30BrN3O2/c23-22-11-17-7-18(12-22)10-21(9-17,15-22)13-20(27)25-14-16-1-2-24-19(8-16)26-3-5-28-6-4-26/h1-2,8,17-18H,3-7,9-15H2,(H,25,27). The second-order valence-electron chi connectivity index (χ2n) is 9.69. The summed E-state index contributed by atoms with van der Waals surface area (Å²) in [5.74, 6) is 2.84. The van der Waals surface area contributed by atoms with E-state index in [1.165, 1.54) is 38.5 Å². The number of carbonyl (C=O) groups is 1. The van der Waals surface area contributed by atoms with Gasteiger partial charge in [0, 0.05) is 36.6 Å². The Morgan fingerprint density at radius 1 is 1.25 bits per heavy atom. The molecular formula is C22H30BrN3O2. The summed E-state index contributed by atoms with van der Waals surface area (Å²) in [7, 11) is 0. The van der Waals surface area contributed by atoms with E-state index in [-0.39, 0.29) is 11.3 Å². The molecular weight excluding hydrogens is 418 g/mol. The average molecular weight is 448 g/mol. The minimum atomic E-state index is 0.211. The number of carbonyl (C=O) groups excluding carboxylic acids is 1. The molecule has 5 aliphatic rings. The number of ether oxygens (including phenoxy) is 1. The third kappa shape index (κ3) is 3.82. The van der Waals surface area contributed by atoms with Gasteiger partial charge in [0.1, 0.15) is 5.82 Å². The van der Waals surface area contributed by atoms with E-state index in [0.717, 1.165) is 49.5 Å². The lowest BCUT2D eigenvalue weighted by molar-refractivity contribution is -0.128. The zero-order valence-electron chi connectivity index (χ0n) is 16.5. The number of morpholine rings is 1. The highest BCUT2D eigenvalue weighted by atomic mass is 79.9. The van der Waals surface area contributed by atoms with E-state index in [2.05, 4.69) is 37.2 Å². The molecule has 2 atom stereocenters. The van der Waals surface area contributed by atoms with Crippen LogP contribution >= 0.6 is 15.9 Å². The number of alkyl halides is 1. The number of pyridine rings is 1. The fourth-order valence-corrected chi connectivity index (χ4v) is 8.19. The molecule has 1 aliphatic heterocycles. The number of nitrogens with one attached hydrogen (secondary N) is 1. The van der Waals surface area contributed by atoms with Crippen molar-refractivity contribution in [1.29, 1.82) is 0 Å². The third-order valence-electron chi connectivity index (χ3n) is 7.28. The van der Waals surface area contributed by atoms with Crippen molar-refractivity contribution in [2.45, 2.75) is 55.8 Å². The van der Waals surface area contributed by atoms with Gasteiger partial charge in [-0.3, -0.25) is 4.79 Å². The Bertz CT molecular complexity index is 735. The van der Waals surface area contributed by atoms with Crippen LogP contribution in [0.1, 0.15) is 50.5 Å². The summed E-state index contributed by atoms with van der Waals surface area (Å²) in [6.45, 7) is 3.84. The van der Waals surface area contributed by atoms with Gasteiger partial charge in [0.05, 0.1) is 13.2 Å². The molecule has 2 heterocycles. The number of amides is 1. The predicted molar refractivity (Wildman–Crippen MR) is 113 cm³/mol. The van der Waals surface area contributed by atoms with E-state index in [1.807, 2.05) is 12.3 Å². The highest BCUT2D eigenvalue weighted by Crippen LogP contribution is 2.65. The number of anilines is 1. The predicted octanol–water partition coefficient (Wildman–Crippen LogP) is 3.66. The van der Waals surface area contributed by atoms with Crippen LogP contribution in [0.15, 0.2) is 18.3 Å². The molecule has 5 nitrogen and oxygen atoms in total. The van der Waals surface area contributed by atoms with Gasteiger partial charge >= 0.3 is 0 Å². The molecule has 2 unspecified atom stereocenters. The number of rotatable bonds is 5. The number of hydrogen-bond donors (Lipinski definition) is 1. The van der Waals surface area contributed by atoms with Crippen LogP contribution in [0.3, 0.4) is 0 Å². The van der Waals surface area contributed by atoms with Crippen LogP contribution in [0.2, 0.25) is 0 Å². The number of halogens is 1. The van der Waals surface area contributed by atoms with Gasteiger partial charge in [-0.2, -0.15) is 0 Å². The van der Waals surface area contributed by atoms with Crippen LogP contribution in [-0.4, -0.2) is 41.5 Å². The van der Waals surface area contributed by atoms with Crippen LogP contribution in [0.4, 0.5) is 5.82 Å². The van der Waals surface area contributed by atoms with Crippen LogP contribution in [0.5, 0.6) is 0 Å². The average Bonchev–Trinajstić information content (AvgIpc) is 2.65. The SMILES string of the molecule is O=C(CC12CC3CC(CC(Br)(C3)C1)C2)NCc1ccnc(N2CCOCC2)c1. The zero-order chi connectivity index (χ0) is 19.2. The minimum absolute atomic E-state index is 0.211. The largest absolute Gasteiger partial charge is 0.378 e. The highest BCUT2D eigenvalue weighted by molar-refractivity contribution is 9.10. The van der Waals surface area contributed by atoms with Gasteiger partial charge < -0.3 is 15.0 Å². The van der Waals surface area contributed by atoms with Crippen molar-refractivity contribution in [3.8, 4) is 0 Å². The molecule has 1 saturated heterocycles. The number of nitrogens with zero attached hydrogens (tertiary/aromatic N) is 2. The van der Waals surface area contributed by atoms with Gasteiger partial charge in [-0.05, 0) is 73.5 Å². The molecule has 1 aromatic rings. The van der Waals surface area contributed by atoms with Crippen molar-refractivity contribution < 1.29 is 9.53 Å². The van der Waals surface area contributed by atoms with Crippen molar-refractivity contribution in [3.63, 3.8) is 0 Å². The quantitative estimate of drug-likeness (QED) is 0.699. The lowest BCUT2D eigenvalue weighted by Gasteiger charge is -2.60. The van der Waals surface area contributed by atoms with Crippen molar-refractivity contribution in [3.05, 3.63) is 23.9 Å². The first-order valence-electron chi connectivity index (χ1n) is 10.7. The number of hydrogen-bond acceptors (Lipinski definition) is 4. The smallest absolute Gasteiger partial charge is 0.220 e. The van der Waals surface area contributed by atoms with E-state index >= 15 is 0 Å². The first kappa shape index (κ1) is 18.9. The van der Waals surface area contributed by atoms with E-state index < -0.39 is 0 Å². The normalized spacial score (nSPS) is 36.5. The van der Waals surface area contributed by atoms with Crippen LogP contribution in [0.25, 0.3) is 0 Å². The highest BCUT2D eigenvalue weighted by Gasteiger charge is 2.57. The second kappa shape index (κ2) is 7.28. The van der Waals surface area contributed by atoms with E-state index in [4.69, 9.17) is 4.74 Å². The number of aromatic nitrogens is 1. The fraction of sp³-hybridized carbons (Fsp3) is 0.727. The molecule has 6 heteroatoms. The minimum Gasteiger partial charge on any atom is -0.378 e. The van der Waals surface area contributed by atoms with E-state index in [9.17, 15) is 4.79 Å². The van der Waals surface area contributed by atoms with E-state index in [1.54, 1.807) is 0 Å². The topological polar surface area (TPSA) is 54.5 Å². The Morgan fingerprint density at radius 3 is 2.71 bits per heavy atom. The molecule has 1 N–H and O–H groups in total. The Labute approximate surface area is 175 Å². The van der Waals surface area contributed by atoms with Crippen molar-refractivity contribution in [1.82, 2.24) is 10.3 Å². The van der Waals surface area contributed by atoms with Gasteiger partial charge in [0.25, 0.3) is 0 Å². The van der Waals surface area contributed by atoms with Crippen LogP contribution in [-0.2, 0) is 16.1 Å². The monoisotopic (exact) mass is 447 g/mol. The first-order valence-corrected chi connectivity index (χ1v) is 11.5. The van der Waals surface area contributed by atoms with Crippen molar-refractivity contribution in [2.24, 2.45) is 17.3 Å². The summed E-state index contributed by atoms with van der Waals surface area (Å²) in [4.78, 5) is 19.6. The Morgan fingerprint density at radius 2 is 2.00 bits per heavy atom. The fourth-order valence-electron chi connectivity index (χ4n) is 6.68. The summed E-state index contributed by atoms with van der Waals surface area (Å²) in [6.07, 6.45) is 10.2. The maximum atomic E-state index is 12.8. The molecule has 28 heavy (non-hydrogen) atoms. The van der Waals surface area contributed by atoms with Crippen LogP contribution in [0, 0.1) is 17.3 Å². The molecule has 5 fully saturated rings. The summed E-state index contributed by atoms with van der Waals surface area (Å²) in [5, 5.41) is 3.19. The van der Waals surface area contributed by atoms with Gasteiger partial charge in [-0.1, -0.05) is 15.9 Å². The maximum Gasteiger partial charge on any atom is 0.220 e. The molecule has 0 aromatic carbocycles. The molecule has 1 amide bonds. The summed E-state index contributed by atoms with van der Waals surface area (Å²) in [5.41, 5.74) is 1.35. The summed E-state index contributed by atoms with van der Waals surface area (Å²) < 4.78 is 5.74. The molecule has 1 aromatic heterocycles. The van der Waals surface area contributed by atoms with E-state index in [0.29, 0.717) is 17.3 Å². The Kier molecular flexibility index (Phi) is 4.90. The van der Waals surface area contributed by atoms with Gasteiger partial charge in [0.15, 0.2) is 0 Å².